The maximum Gasteiger partial charge on any atom is 0.255 e. The third kappa shape index (κ3) is 8.50. The molecule has 0 radical (unpaired) electrons. The van der Waals surface area contributed by atoms with E-state index in [4.69, 9.17) is 0 Å². The smallest absolute Gasteiger partial charge is 0.255 e. The predicted molar refractivity (Wildman–Crippen MR) is 159 cm³/mol. The lowest BCUT2D eigenvalue weighted by molar-refractivity contribution is 0.102. The molecular weight excluding hydrogens is 486 g/mol. The second kappa shape index (κ2) is 14.6. The summed E-state index contributed by atoms with van der Waals surface area (Å²) in [5, 5.41) is 6.42. The number of nitrogens with zero attached hydrogens (tertiary/aromatic N) is 5. The van der Waals surface area contributed by atoms with Crippen molar-refractivity contribution < 1.29 is 4.79 Å². The summed E-state index contributed by atoms with van der Waals surface area (Å²) in [5.74, 6) is 1.97. The molecule has 4 rings (SSSR count). The summed E-state index contributed by atoms with van der Waals surface area (Å²) in [6, 6.07) is 16.1. The summed E-state index contributed by atoms with van der Waals surface area (Å²) in [6.45, 7) is 14.6. The summed E-state index contributed by atoms with van der Waals surface area (Å²) in [7, 11) is 0. The summed E-state index contributed by atoms with van der Waals surface area (Å²) in [6.07, 6.45) is 6.19. The van der Waals surface area contributed by atoms with Crippen LogP contribution in [0.4, 0.5) is 5.69 Å². The zero-order chi connectivity index (χ0) is 27.5. The average Bonchev–Trinajstić information content (AvgIpc) is 3.62. The van der Waals surface area contributed by atoms with E-state index in [1.807, 2.05) is 48.8 Å². The van der Waals surface area contributed by atoms with Gasteiger partial charge in [-0.2, -0.15) is 0 Å². The standard InChI is InChI=1S/C31H43N7O/c1-4-18-36(19-5-2)21-26-9-13-28(14-10-26)35-31(39)27-11-7-25(8-12-27)22-37(23-29-32-15-16-33-29)24-30-34-17-20-38(30)6-3/h7-14,17,20H,4-6,15-16,18-19,21-24H2,1-3H3,(H,32,33)(H,35,39). The lowest BCUT2D eigenvalue weighted by Gasteiger charge is -2.23. The van der Waals surface area contributed by atoms with E-state index in [9.17, 15) is 4.79 Å². The minimum atomic E-state index is -0.0979. The molecule has 0 saturated heterocycles. The number of carbonyl (C=O) groups excluding carboxylic acids is 1. The zero-order valence-electron chi connectivity index (χ0n) is 23.7. The summed E-state index contributed by atoms with van der Waals surface area (Å²) in [5.41, 5.74) is 3.87. The van der Waals surface area contributed by atoms with Crippen LogP contribution in [0.1, 0.15) is 60.9 Å². The van der Waals surface area contributed by atoms with E-state index in [2.05, 4.69) is 67.9 Å². The van der Waals surface area contributed by atoms with Gasteiger partial charge in [0, 0.05) is 49.8 Å². The molecule has 1 aliphatic heterocycles. The van der Waals surface area contributed by atoms with Gasteiger partial charge in [0.15, 0.2) is 0 Å². The van der Waals surface area contributed by atoms with Gasteiger partial charge in [0.05, 0.1) is 19.6 Å². The third-order valence-electron chi connectivity index (χ3n) is 6.94. The summed E-state index contributed by atoms with van der Waals surface area (Å²) >= 11 is 0. The normalized spacial score (nSPS) is 13.1. The Balaban J connectivity index is 1.35. The Hall–Kier alpha value is -3.49. The van der Waals surface area contributed by atoms with Crippen molar-refractivity contribution in [1.82, 2.24) is 24.7 Å². The second-order valence-corrected chi connectivity index (χ2v) is 10.2. The van der Waals surface area contributed by atoms with Gasteiger partial charge in [0.2, 0.25) is 0 Å². The molecular formula is C31H43N7O. The molecule has 39 heavy (non-hydrogen) atoms. The van der Waals surface area contributed by atoms with Crippen LogP contribution in [0.2, 0.25) is 0 Å². The molecule has 0 bridgehead atoms. The van der Waals surface area contributed by atoms with Crippen LogP contribution < -0.4 is 10.6 Å². The summed E-state index contributed by atoms with van der Waals surface area (Å²) < 4.78 is 2.17. The number of anilines is 1. The highest BCUT2D eigenvalue weighted by atomic mass is 16.1. The van der Waals surface area contributed by atoms with Crippen molar-refractivity contribution in [1.29, 1.82) is 0 Å². The van der Waals surface area contributed by atoms with E-state index in [0.717, 1.165) is 94.7 Å². The van der Waals surface area contributed by atoms with E-state index in [-0.39, 0.29) is 5.91 Å². The molecule has 2 N–H and O–H groups in total. The van der Waals surface area contributed by atoms with Crippen molar-refractivity contribution in [3.63, 3.8) is 0 Å². The van der Waals surface area contributed by atoms with Crippen molar-refractivity contribution in [3.8, 4) is 0 Å². The number of imidazole rings is 1. The molecule has 0 atom stereocenters. The van der Waals surface area contributed by atoms with Crippen LogP contribution in [0.15, 0.2) is 65.9 Å². The maximum atomic E-state index is 12.9. The van der Waals surface area contributed by atoms with Gasteiger partial charge in [-0.1, -0.05) is 38.1 Å². The van der Waals surface area contributed by atoms with Crippen molar-refractivity contribution in [2.45, 2.75) is 59.8 Å². The monoisotopic (exact) mass is 529 g/mol. The number of hydrogen-bond acceptors (Lipinski definition) is 6. The molecule has 0 fully saturated rings. The Morgan fingerprint density at radius 1 is 0.897 bits per heavy atom. The number of aromatic nitrogens is 2. The van der Waals surface area contributed by atoms with Crippen LogP contribution in [-0.4, -0.2) is 63.8 Å². The largest absolute Gasteiger partial charge is 0.371 e. The first-order valence-corrected chi connectivity index (χ1v) is 14.3. The second-order valence-electron chi connectivity index (χ2n) is 10.2. The van der Waals surface area contributed by atoms with Gasteiger partial charge in [-0.15, -0.1) is 0 Å². The molecule has 0 aliphatic carbocycles. The number of amides is 1. The molecule has 8 heteroatoms. The van der Waals surface area contributed by atoms with Gasteiger partial charge < -0.3 is 15.2 Å². The average molecular weight is 530 g/mol. The van der Waals surface area contributed by atoms with E-state index in [0.29, 0.717) is 5.56 Å². The number of carbonyl (C=O) groups is 1. The van der Waals surface area contributed by atoms with E-state index in [1.54, 1.807) is 0 Å². The van der Waals surface area contributed by atoms with Crippen LogP contribution >= 0.6 is 0 Å². The van der Waals surface area contributed by atoms with Gasteiger partial charge in [-0.05, 0) is 68.2 Å². The Morgan fingerprint density at radius 3 is 2.18 bits per heavy atom. The minimum absolute atomic E-state index is 0.0979. The predicted octanol–water partition coefficient (Wildman–Crippen LogP) is 4.78. The van der Waals surface area contributed by atoms with Gasteiger partial charge >= 0.3 is 0 Å². The topological polar surface area (TPSA) is 77.8 Å². The lowest BCUT2D eigenvalue weighted by Crippen LogP contribution is -2.35. The van der Waals surface area contributed by atoms with Crippen LogP contribution in [0.25, 0.3) is 0 Å². The minimum Gasteiger partial charge on any atom is -0.371 e. The third-order valence-corrected chi connectivity index (χ3v) is 6.94. The molecule has 0 unspecified atom stereocenters. The highest BCUT2D eigenvalue weighted by Gasteiger charge is 2.16. The molecule has 1 aromatic heterocycles. The molecule has 2 heterocycles. The number of rotatable bonds is 15. The quantitative estimate of drug-likeness (QED) is 0.296. The fourth-order valence-corrected chi connectivity index (χ4v) is 4.99. The Kier molecular flexibility index (Phi) is 10.7. The van der Waals surface area contributed by atoms with Crippen molar-refractivity contribution >= 4 is 17.4 Å². The van der Waals surface area contributed by atoms with Gasteiger partial charge in [-0.3, -0.25) is 19.6 Å². The number of nitrogens with one attached hydrogen (secondary N) is 2. The first-order valence-electron chi connectivity index (χ1n) is 14.3. The van der Waals surface area contributed by atoms with Crippen molar-refractivity contribution in [2.24, 2.45) is 4.99 Å². The number of benzene rings is 2. The zero-order valence-corrected chi connectivity index (χ0v) is 23.7. The van der Waals surface area contributed by atoms with Crippen molar-refractivity contribution in [3.05, 3.63) is 83.4 Å². The van der Waals surface area contributed by atoms with Gasteiger partial charge in [-0.25, -0.2) is 4.98 Å². The number of aryl methyl sites for hydroxylation is 1. The van der Waals surface area contributed by atoms with Crippen LogP contribution in [-0.2, 0) is 26.2 Å². The molecule has 1 amide bonds. The van der Waals surface area contributed by atoms with Gasteiger partial charge in [0.25, 0.3) is 5.91 Å². The van der Waals surface area contributed by atoms with Crippen molar-refractivity contribution in [2.75, 3.05) is 38.0 Å². The Morgan fingerprint density at radius 2 is 1.56 bits per heavy atom. The van der Waals surface area contributed by atoms with E-state index in [1.165, 1.54) is 5.56 Å². The van der Waals surface area contributed by atoms with Crippen LogP contribution in [0.5, 0.6) is 0 Å². The molecule has 1 aliphatic rings. The SMILES string of the molecule is CCCN(CCC)Cc1ccc(NC(=O)c2ccc(CN(CC3=NCCN3)Cc3nccn3CC)cc2)cc1. The van der Waals surface area contributed by atoms with Crippen LogP contribution in [0, 0.1) is 0 Å². The maximum absolute atomic E-state index is 12.9. The first-order chi connectivity index (χ1) is 19.1. The Labute approximate surface area is 233 Å². The number of amidine groups is 1. The molecule has 3 aromatic rings. The Bertz CT molecular complexity index is 1190. The van der Waals surface area contributed by atoms with Gasteiger partial charge in [0.1, 0.15) is 11.7 Å². The van der Waals surface area contributed by atoms with Crippen LogP contribution in [0.3, 0.4) is 0 Å². The molecule has 0 spiro atoms. The summed E-state index contributed by atoms with van der Waals surface area (Å²) in [4.78, 5) is 26.9. The molecule has 208 valence electrons. The molecule has 8 nitrogen and oxygen atoms in total. The molecule has 0 saturated carbocycles. The molecule has 2 aromatic carbocycles. The fourth-order valence-electron chi connectivity index (χ4n) is 4.99. The highest BCUT2D eigenvalue weighted by molar-refractivity contribution is 6.04. The van der Waals surface area contributed by atoms with E-state index < -0.39 is 0 Å². The fraction of sp³-hybridized carbons (Fsp3) is 0.452. The number of aliphatic imine (C=N–C) groups is 1. The van der Waals surface area contributed by atoms with E-state index >= 15 is 0 Å². The first kappa shape index (κ1) is 28.5. The number of hydrogen-bond donors (Lipinski definition) is 2. The lowest BCUT2D eigenvalue weighted by atomic mass is 10.1. The highest BCUT2D eigenvalue weighted by Crippen LogP contribution is 2.16.